The van der Waals surface area contributed by atoms with Gasteiger partial charge in [0.15, 0.2) is 11.6 Å². The smallest absolute Gasteiger partial charge is 0.252 e. The number of hydrogen-bond donors (Lipinski definition) is 1. The van der Waals surface area contributed by atoms with Crippen LogP contribution in [0.25, 0.3) is 0 Å². The topological polar surface area (TPSA) is 62.1 Å². The number of benzene rings is 1. The van der Waals surface area contributed by atoms with Crippen molar-refractivity contribution in [2.45, 2.75) is 26.3 Å². The second-order valence-corrected chi connectivity index (χ2v) is 5.06. The molecule has 1 atom stereocenters. The van der Waals surface area contributed by atoms with Crippen LogP contribution in [0.1, 0.15) is 31.1 Å². The number of nitrogens with zero attached hydrogens (tertiary/aromatic N) is 1. The number of ether oxygens (including phenoxy) is 1. The molecule has 0 spiro atoms. The fourth-order valence-electron chi connectivity index (χ4n) is 1.49. The van der Waals surface area contributed by atoms with Gasteiger partial charge in [0.05, 0.1) is 6.07 Å². The van der Waals surface area contributed by atoms with Crippen LogP contribution in [0.4, 0.5) is 4.39 Å². The molecule has 4 nitrogen and oxygen atoms in total. The highest BCUT2D eigenvalue weighted by Gasteiger charge is 2.30. The molecule has 0 fully saturated rings. The van der Waals surface area contributed by atoms with Crippen LogP contribution in [0, 0.1) is 35.4 Å². The monoisotopic (exact) mass is 288 g/mol. The van der Waals surface area contributed by atoms with E-state index in [1.807, 2.05) is 13.8 Å². The lowest BCUT2D eigenvalue weighted by molar-refractivity contribution is 0.0907. The normalized spacial score (nSPS) is 12.9. The van der Waals surface area contributed by atoms with E-state index in [2.05, 4.69) is 17.3 Å². The van der Waals surface area contributed by atoms with Gasteiger partial charge in [0.1, 0.15) is 12.1 Å². The minimum absolute atomic E-state index is 0.0172. The molecule has 110 valence electrons. The van der Waals surface area contributed by atoms with Crippen molar-refractivity contribution in [1.82, 2.24) is 5.32 Å². The molecule has 0 aliphatic carbocycles. The number of rotatable bonds is 5. The quantitative estimate of drug-likeness (QED) is 0.847. The van der Waals surface area contributed by atoms with Gasteiger partial charge in [-0.25, -0.2) is 4.39 Å². The van der Waals surface area contributed by atoms with Gasteiger partial charge in [-0.05, 0) is 31.0 Å². The van der Waals surface area contributed by atoms with Crippen molar-refractivity contribution in [3.8, 4) is 24.2 Å². The van der Waals surface area contributed by atoms with Gasteiger partial charge in [-0.3, -0.25) is 4.79 Å². The first-order valence-corrected chi connectivity index (χ1v) is 6.43. The van der Waals surface area contributed by atoms with Crippen molar-refractivity contribution in [2.24, 2.45) is 5.92 Å². The van der Waals surface area contributed by atoms with E-state index in [1.54, 1.807) is 6.92 Å². The predicted octanol–water partition coefficient (Wildman–Crippen LogP) is 2.51. The standard InChI is InChI=1S/C16H17FN2O2/c1-5-8-21-14-7-6-12(9-13(14)17)15(20)19-16(4,10-18)11(2)3/h1,6-7,9,11H,8H2,2-4H3,(H,19,20). The summed E-state index contributed by atoms with van der Waals surface area (Å²) in [5, 5.41) is 11.8. The number of nitriles is 1. The lowest BCUT2D eigenvalue weighted by atomic mass is 9.90. The van der Waals surface area contributed by atoms with E-state index < -0.39 is 17.3 Å². The summed E-state index contributed by atoms with van der Waals surface area (Å²) in [6, 6.07) is 5.87. The number of amides is 1. The van der Waals surface area contributed by atoms with Crippen molar-refractivity contribution >= 4 is 5.91 Å². The highest BCUT2D eigenvalue weighted by atomic mass is 19.1. The molecular weight excluding hydrogens is 271 g/mol. The molecule has 1 unspecified atom stereocenters. The minimum atomic E-state index is -1.02. The van der Waals surface area contributed by atoms with Gasteiger partial charge in [0.2, 0.25) is 0 Å². The highest BCUT2D eigenvalue weighted by molar-refractivity contribution is 5.95. The van der Waals surface area contributed by atoms with Crippen LogP contribution in [0.2, 0.25) is 0 Å². The molecule has 0 bridgehead atoms. The summed E-state index contributed by atoms with van der Waals surface area (Å²) in [7, 11) is 0. The first-order valence-electron chi connectivity index (χ1n) is 6.43. The number of halogens is 1. The predicted molar refractivity (Wildman–Crippen MR) is 77.1 cm³/mol. The average molecular weight is 288 g/mol. The summed E-state index contributed by atoms with van der Waals surface area (Å²) >= 11 is 0. The van der Waals surface area contributed by atoms with E-state index in [4.69, 9.17) is 16.4 Å². The van der Waals surface area contributed by atoms with E-state index >= 15 is 0 Å². The Kier molecular flexibility index (Phi) is 5.32. The Labute approximate surface area is 123 Å². The van der Waals surface area contributed by atoms with Crippen LogP contribution in [0.15, 0.2) is 18.2 Å². The molecule has 0 saturated carbocycles. The highest BCUT2D eigenvalue weighted by Crippen LogP contribution is 2.20. The van der Waals surface area contributed by atoms with Gasteiger partial charge >= 0.3 is 0 Å². The van der Waals surface area contributed by atoms with Gasteiger partial charge in [0.25, 0.3) is 5.91 Å². The Balaban J connectivity index is 2.92. The molecular formula is C16H17FN2O2. The number of nitrogens with one attached hydrogen (secondary N) is 1. The van der Waals surface area contributed by atoms with Crippen LogP contribution in [0.5, 0.6) is 5.75 Å². The van der Waals surface area contributed by atoms with Gasteiger partial charge in [-0.1, -0.05) is 19.8 Å². The largest absolute Gasteiger partial charge is 0.478 e. The molecule has 0 aliphatic heterocycles. The zero-order chi connectivity index (χ0) is 16.0. The number of terminal acetylenes is 1. The lowest BCUT2D eigenvalue weighted by Crippen LogP contribution is -2.48. The molecule has 0 heterocycles. The third-order valence-corrected chi connectivity index (χ3v) is 3.27. The zero-order valence-electron chi connectivity index (χ0n) is 12.2. The first kappa shape index (κ1) is 16.5. The molecule has 1 amide bonds. The molecule has 1 N–H and O–H groups in total. The molecule has 0 aromatic heterocycles. The van der Waals surface area contributed by atoms with Crippen LogP contribution in [0.3, 0.4) is 0 Å². The molecule has 1 rings (SSSR count). The van der Waals surface area contributed by atoms with Crippen molar-refractivity contribution in [2.75, 3.05) is 6.61 Å². The lowest BCUT2D eigenvalue weighted by Gasteiger charge is -2.27. The van der Waals surface area contributed by atoms with Crippen LogP contribution < -0.4 is 10.1 Å². The maximum absolute atomic E-state index is 13.8. The van der Waals surface area contributed by atoms with Gasteiger partial charge < -0.3 is 10.1 Å². The van der Waals surface area contributed by atoms with Crippen molar-refractivity contribution in [3.63, 3.8) is 0 Å². The van der Waals surface area contributed by atoms with E-state index in [0.717, 1.165) is 6.07 Å². The van der Waals surface area contributed by atoms with E-state index in [9.17, 15) is 9.18 Å². The Morgan fingerprint density at radius 2 is 2.24 bits per heavy atom. The molecule has 0 radical (unpaired) electrons. The van der Waals surface area contributed by atoms with Crippen molar-refractivity contribution < 1.29 is 13.9 Å². The third-order valence-electron chi connectivity index (χ3n) is 3.27. The molecule has 21 heavy (non-hydrogen) atoms. The maximum atomic E-state index is 13.8. The van der Waals surface area contributed by atoms with Crippen LogP contribution in [-0.4, -0.2) is 18.1 Å². The Morgan fingerprint density at radius 1 is 1.57 bits per heavy atom. The average Bonchev–Trinajstić information content (AvgIpc) is 2.45. The van der Waals surface area contributed by atoms with Gasteiger partial charge in [0, 0.05) is 5.56 Å². The Morgan fingerprint density at radius 3 is 2.71 bits per heavy atom. The third kappa shape index (κ3) is 3.97. The summed E-state index contributed by atoms with van der Waals surface area (Å²) in [4.78, 5) is 12.1. The Hall–Kier alpha value is -2.53. The number of carbonyl (C=O) groups is 1. The first-order chi connectivity index (χ1) is 9.84. The van der Waals surface area contributed by atoms with Crippen LogP contribution >= 0.6 is 0 Å². The van der Waals surface area contributed by atoms with Crippen molar-refractivity contribution in [3.05, 3.63) is 29.6 Å². The minimum Gasteiger partial charge on any atom is -0.478 e. The molecule has 0 aliphatic rings. The zero-order valence-corrected chi connectivity index (χ0v) is 12.2. The summed E-state index contributed by atoms with van der Waals surface area (Å²) in [6.07, 6.45) is 5.03. The number of hydrogen-bond acceptors (Lipinski definition) is 3. The van der Waals surface area contributed by atoms with Gasteiger partial charge in [-0.15, -0.1) is 6.42 Å². The Bertz CT molecular complexity index is 614. The van der Waals surface area contributed by atoms with E-state index in [0.29, 0.717) is 0 Å². The summed E-state index contributed by atoms with van der Waals surface area (Å²) in [6.45, 7) is 5.21. The fourth-order valence-corrected chi connectivity index (χ4v) is 1.49. The molecule has 1 aromatic carbocycles. The summed E-state index contributed by atoms with van der Waals surface area (Å²) < 4.78 is 18.8. The van der Waals surface area contributed by atoms with Crippen molar-refractivity contribution in [1.29, 1.82) is 5.26 Å². The van der Waals surface area contributed by atoms with Gasteiger partial charge in [-0.2, -0.15) is 5.26 Å². The summed E-state index contributed by atoms with van der Waals surface area (Å²) in [5.41, 5.74) is -0.908. The second-order valence-electron chi connectivity index (χ2n) is 5.06. The molecule has 1 aromatic rings. The van der Waals surface area contributed by atoms with E-state index in [1.165, 1.54) is 12.1 Å². The summed E-state index contributed by atoms with van der Waals surface area (Å²) in [5.74, 6) is 0.924. The fraction of sp³-hybridized carbons (Fsp3) is 0.375. The van der Waals surface area contributed by atoms with E-state index in [-0.39, 0.29) is 23.8 Å². The molecule has 0 saturated heterocycles. The SMILES string of the molecule is C#CCOc1ccc(C(=O)NC(C)(C#N)C(C)C)cc1F. The second kappa shape index (κ2) is 6.76. The molecule has 5 heteroatoms. The van der Waals surface area contributed by atoms with Crippen LogP contribution in [-0.2, 0) is 0 Å². The maximum Gasteiger partial charge on any atom is 0.252 e. The number of carbonyl (C=O) groups excluding carboxylic acids is 1.